The third-order valence-electron chi connectivity index (χ3n) is 3.75. The summed E-state index contributed by atoms with van der Waals surface area (Å²) in [5.41, 5.74) is -0.718. The summed E-state index contributed by atoms with van der Waals surface area (Å²) in [5.74, 6) is 1.71. The lowest BCUT2D eigenvalue weighted by Gasteiger charge is -2.19. The Labute approximate surface area is 142 Å². The van der Waals surface area contributed by atoms with Gasteiger partial charge in [0.1, 0.15) is 12.1 Å². The van der Waals surface area contributed by atoms with Crippen LogP contribution in [0.5, 0.6) is 5.75 Å². The largest absolute Gasteiger partial charge is 0.489 e. The first-order valence-electron chi connectivity index (χ1n) is 6.82. The maximum atomic E-state index is 12.4. The van der Waals surface area contributed by atoms with Crippen LogP contribution >= 0.6 is 35.0 Å². The molecule has 0 saturated carbocycles. The minimum absolute atomic E-state index is 0.145. The van der Waals surface area contributed by atoms with Crippen molar-refractivity contribution < 1.29 is 14.3 Å². The number of para-hydroxylation sites is 1. The van der Waals surface area contributed by atoms with Gasteiger partial charge in [-0.25, -0.2) is 4.79 Å². The third-order valence-corrected chi connectivity index (χ3v) is 5.53. The normalized spacial score (nSPS) is 24.2. The minimum Gasteiger partial charge on any atom is -0.489 e. The molecule has 3 rings (SSSR count). The number of nitrogens with one attached hydrogen (secondary N) is 1. The van der Waals surface area contributed by atoms with Crippen molar-refractivity contribution in [1.82, 2.24) is 10.2 Å². The minimum atomic E-state index is -0.718. The number of hydrogen-bond donors (Lipinski definition) is 1. The van der Waals surface area contributed by atoms with E-state index >= 15 is 0 Å². The monoisotopic (exact) mass is 360 g/mol. The number of carbonyl (C=O) groups is 2. The highest BCUT2D eigenvalue weighted by Crippen LogP contribution is 2.34. The van der Waals surface area contributed by atoms with Crippen molar-refractivity contribution in [1.29, 1.82) is 0 Å². The van der Waals surface area contributed by atoms with Crippen LogP contribution in [0.1, 0.15) is 6.42 Å². The fourth-order valence-electron chi connectivity index (χ4n) is 2.57. The Morgan fingerprint density at radius 2 is 2.05 bits per heavy atom. The predicted octanol–water partition coefficient (Wildman–Crippen LogP) is 2.80. The summed E-state index contributed by atoms with van der Waals surface area (Å²) in [7, 11) is 0. The Hall–Kier alpha value is -1.11. The van der Waals surface area contributed by atoms with Gasteiger partial charge in [0.05, 0.1) is 16.6 Å². The van der Waals surface area contributed by atoms with Crippen molar-refractivity contribution in [3.05, 3.63) is 28.2 Å². The number of hydrogen-bond acceptors (Lipinski definition) is 4. The van der Waals surface area contributed by atoms with Gasteiger partial charge in [0, 0.05) is 5.75 Å². The van der Waals surface area contributed by atoms with Gasteiger partial charge in [-0.15, -0.1) is 0 Å². The van der Waals surface area contributed by atoms with Crippen LogP contribution in [0.3, 0.4) is 0 Å². The van der Waals surface area contributed by atoms with Crippen LogP contribution in [0.4, 0.5) is 4.79 Å². The molecule has 2 aliphatic heterocycles. The van der Waals surface area contributed by atoms with Gasteiger partial charge >= 0.3 is 6.03 Å². The van der Waals surface area contributed by atoms with E-state index in [-0.39, 0.29) is 25.1 Å². The van der Waals surface area contributed by atoms with E-state index in [0.29, 0.717) is 28.0 Å². The second-order valence-electron chi connectivity index (χ2n) is 5.17. The number of halogens is 2. The van der Waals surface area contributed by atoms with E-state index in [9.17, 15) is 9.59 Å². The average Bonchev–Trinajstić information content (AvgIpc) is 3.03. The van der Waals surface area contributed by atoms with Crippen molar-refractivity contribution in [3.63, 3.8) is 0 Å². The predicted molar refractivity (Wildman–Crippen MR) is 86.9 cm³/mol. The number of nitrogens with zero attached hydrogens (tertiary/aromatic N) is 1. The van der Waals surface area contributed by atoms with Crippen LogP contribution in [0.25, 0.3) is 0 Å². The van der Waals surface area contributed by atoms with Crippen LogP contribution < -0.4 is 10.1 Å². The Balaban J connectivity index is 1.62. The fourth-order valence-corrected chi connectivity index (χ4v) is 4.40. The number of amides is 3. The summed E-state index contributed by atoms with van der Waals surface area (Å²) >= 11 is 13.7. The molecule has 1 aromatic carbocycles. The molecule has 2 heterocycles. The molecule has 1 spiro atoms. The van der Waals surface area contributed by atoms with Crippen molar-refractivity contribution in [2.24, 2.45) is 0 Å². The first kappa shape index (κ1) is 15.8. The second-order valence-corrected chi connectivity index (χ2v) is 7.09. The number of urea groups is 1. The molecule has 0 radical (unpaired) electrons. The summed E-state index contributed by atoms with van der Waals surface area (Å²) < 4.78 is 5.53. The van der Waals surface area contributed by atoms with Gasteiger partial charge in [-0.3, -0.25) is 9.69 Å². The number of ether oxygens (including phenoxy) is 1. The van der Waals surface area contributed by atoms with Gasteiger partial charge in [0.15, 0.2) is 5.75 Å². The van der Waals surface area contributed by atoms with Gasteiger partial charge in [0.25, 0.3) is 5.91 Å². The van der Waals surface area contributed by atoms with E-state index in [1.165, 1.54) is 4.90 Å². The van der Waals surface area contributed by atoms with Gasteiger partial charge in [-0.2, -0.15) is 11.8 Å². The van der Waals surface area contributed by atoms with E-state index < -0.39 is 5.54 Å². The third kappa shape index (κ3) is 2.75. The molecular formula is C14H14Cl2N2O3S. The maximum Gasteiger partial charge on any atom is 0.325 e. The van der Waals surface area contributed by atoms with Crippen molar-refractivity contribution in [2.45, 2.75) is 12.0 Å². The lowest BCUT2D eigenvalue weighted by atomic mass is 9.99. The molecule has 0 aromatic heterocycles. The highest BCUT2D eigenvalue weighted by molar-refractivity contribution is 7.99. The highest BCUT2D eigenvalue weighted by Gasteiger charge is 2.52. The molecule has 0 bridgehead atoms. The Kier molecular flexibility index (Phi) is 4.43. The fraction of sp³-hybridized carbons (Fsp3) is 0.429. The molecule has 2 aliphatic rings. The van der Waals surface area contributed by atoms with Gasteiger partial charge in [-0.1, -0.05) is 29.3 Å². The lowest BCUT2D eigenvalue weighted by Crippen LogP contribution is -2.47. The van der Waals surface area contributed by atoms with E-state index in [1.807, 2.05) is 0 Å². The van der Waals surface area contributed by atoms with Gasteiger partial charge < -0.3 is 10.1 Å². The summed E-state index contributed by atoms with van der Waals surface area (Å²) in [4.78, 5) is 25.6. The maximum absolute atomic E-state index is 12.4. The Morgan fingerprint density at radius 3 is 2.68 bits per heavy atom. The molecular weight excluding hydrogens is 347 g/mol. The molecule has 2 saturated heterocycles. The standard InChI is InChI=1S/C14H14Cl2N2O3S/c15-9-2-1-3-10(16)11(9)21-6-5-18-12(19)14(17-13(18)20)4-7-22-8-14/h1-3H,4-8H2,(H,17,20). The molecule has 0 aliphatic carbocycles. The molecule has 1 atom stereocenters. The summed E-state index contributed by atoms with van der Waals surface area (Å²) in [6.07, 6.45) is 0.677. The lowest BCUT2D eigenvalue weighted by molar-refractivity contribution is -0.130. The molecule has 22 heavy (non-hydrogen) atoms. The molecule has 3 amide bonds. The molecule has 1 unspecified atom stereocenters. The zero-order valence-corrected chi connectivity index (χ0v) is 13.9. The molecule has 118 valence electrons. The zero-order valence-electron chi connectivity index (χ0n) is 11.6. The van der Waals surface area contributed by atoms with Crippen molar-refractivity contribution in [3.8, 4) is 5.75 Å². The molecule has 1 aromatic rings. The number of imide groups is 1. The first-order chi connectivity index (χ1) is 10.5. The van der Waals surface area contributed by atoms with Crippen LogP contribution in [0.15, 0.2) is 18.2 Å². The molecule has 1 N–H and O–H groups in total. The molecule has 8 heteroatoms. The average molecular weight is 361 g/mol. The summed E-state index contributed by atoms with van der Waals surface area (Å²) in [6.45, 7) is 0.310. The van der Waals surface area contributed by atoms with Crippen LogP contribution in [0.2, 0.25) is 10.0 Å². The van der Waals surface area contributed by atoms with E-state index in [2.05, 4.69) is 5.32 Å². The van der Waals surface area contributed by atoms with Crippen LogP contribution in [0, 0.1) is 0 Å². The highest BCUT2D eigenvalue weighted by atomic mass is 35.5. The number of rotatable bonds is 4. The molecule has 2 fully saturated rings. The number of benzene rings is 1. The Morgan fingerprint density at radius 1 is 1.32 bits per heavy atom. The SMILES string of the molecule is O=C1NC2(CCSC2)C(=O)N1CCOc1c(Cl)cccc1Cl. The molecule has 5 nitrogen and oxygen atoms in total. The zero-order chi connectivity index (χ0) is 15.7. The van der Waals surface area contributed by atoms with Crippen molar-refractivity contribution in [2.75, 3.05) is 24.7 Å². The van der Waals surface area contributed by atoms with E-state index in [4.69, 9.17) is 27.9 Å². The quantitative estimate of drug-likeness (QED) is 0.838. The van der Waals surface area contributed by atoms with Crippen LogP contribution in [-0.4, -0.2) is 47.0 Å². The van der Waals surface area contributed by atoms with Crippen molar-refractivity contribution >= 4 is 46.9 Å². The van der Waals surface area contributed by atoms with E-state index in [1.54, 1.807) is 30.0 Å². The Bertz CT molecular complexity index is 600. The summed E-state index contributed by atoms with van der Waals surface area (Å²) in [5, 5.41) is 3.60. The first-order valence-corrected chi connectivity index (χ1v) is 8.73. The van der Waals surface area contributed by atoms with Gasteiger partial charge in [-0.05, 0) is 24.3 Å². The topological polar surface area (TPSA) is 58.6 Å². The van der Waals surface area contributed by atoms with E-state index in [0.717, 1.165) is 5.75 Å². The number of thioether (sulfide) groups is 1. The second kappa shape index (κ2) is 6.18. The number of carbonyl (C=O) groups excluding carboxylic acids is 2. The van der Waals surface area contributed by atoms with Gasteiger partial charge in [0.2, 0.25) is 0 Å². The van der Waals surface area contributed by atoms with Crippen LogP contribution in [-0.2, 0) is 4.79 Å². The summed E-state index contributed by atoms with van der Waals surface area (Å²) in [6, 6.07) is 4.69. The smallest absolute Gasteiger partial charge is 0.325 e.